The number of benzene rings is 3. The molecule has 0 aliphatic rings. The van der Waals surface area contributed by atoms with Crippen LogP contribution < -0.4 is 10.1 Å². The number of aliphatic carboxylic acids is 1. The minimum absolute atomic E-state index is 0.0121. The predicted molar refractivity (Wildman–Crippen MR) is 138 cm³/mol. The summed E-state index contributed by atoms with van der Waals surface area (Å²) in [5.74, 6) is -1.15. The molecule has 0 aliphatic heterocycles. The van der Waals surface area contributed by atoms with Crippen molar-refractivity contribution in [3.05, 3.63) is 95.3 Å². The van der Waals surface area contributed by atoms with Gasteiger partial charge in [0.15, 0.2) is 6.61 Å². The molecule has 3 rings (SSSR count). The molecule has 3 aromatic carbocycles. The van der Waals surface area contributed by atoms with E-state index in [1.54, 1.807) is 42.5 Å². The van der Waals surface area contributed by atoms with E-state index in [2.05, 4.69) is 5.32 Å². The van der Waals surface area contributed by atoms with E-state index in [0.29, 0.717) is 24.2 Å². The summed E-state index contributed by atoms with van der Waals surface area (Å²) < 4.78 is 57.8. The Morgan fingerprint density at radius 1 is 0.949 bits per heavy atom. The van der Waals surface area contributed by atoms with Crippen LogP contribution in [-0.4, -0.2) is 41.0 Å². The van der Waals surface area contributed by atoms with Crippen molar-refractivity contribution in [1.29, 1.82) is 5.41 Å². The molecule has 0 bridgehead atoms. The summed E-state index contributed by atoms with van der Waals surface area (Å²) >= 11 is 0. The Morgan fingerprint density at radius 2 is 1.62 bits per heavy atom. The highest BCUT2D eigenvalue weighted by Crippen LogP contribution is 2.30. The fraction of sp³-hybridized carbons (Fsp3) is 0.250. The molecule has 11 heteroatoms. The monoisotopic (exact) mass is 545 g/mol. The zero-order valence-electron chi connectivity index (χ0n) is 20.8. The topological polar surface area (TPSA) is 103 Å². The number of carbonyl (C=O) groups excluding carboxylic acids is 1. The lowest BCUT2D eigenvalue weighted by Crippen LogP contribution is -2.41. The van der Waals surface area contributed by atoms with Crippen LogP contribution in [0.5, 0.6) is 5.75 Å². The Kier molecular flexibility index (Phi) is 10.0. The van der Waals surface area contributed by atoms with Gasteiger partial charge in [0.05, 0.1) is 5.56 Å². The molecule has 0 spiro atoms. The third-order valence-electron chi connectivity index (χ3n) is 5.76. The fourth-order valence-electron chi connectivity index (χ4n) is 3.72. The first-order valence-corrected chi connectivity index (χ1v) is 12.0. The number of rotatable bonds is 11. The van der Waals surface area contributed by atoms with Crippen molar-refractivity contribution >= 4 is 23.5 Å². The molecule has 3 N–H and O–H groups in total. The van der Waals surface area contributed by atoms with Crippen LogP contribution in [0.2, 0.25) is 0 Å². The van der Waals surface area contributed by atoms with Crippen molar-refractivity contribution in [2.45, 2.75) is 31.9 Å². The van der Waals surface area contributed by atoms with Gasteiger partial charge in [0.2, 0.25) is 0 Å². The summed E-state index contributed by atoms with van der Waals surface area (Å²) in [5, 5.41) is 19.7. The van der Waals surface area contributed by atoms with E-state index < -0.39 is 36.2 Å². The highest BCUT2D eigenvalue weighted by atomic mass is 19.4. The van der Waals surface area contributed by atoms with E-state index in [9.17, 15) is 27.2 Å². The van der Waals surface area contributed by atoms with Gasteiger partial charge in [-0.05, 0) is 72.9 Å². The molecule has 0 radical (unpaired) electrons. The molecule has 39 heavy (non-hydrogen) atoms. The van der Waals surface area contributed by atoms with Crippen molar-refractivity contribution in [2.75, 3.05) is 18.5 Å². The second-order valence-corrected chi connectivity index (χ2v) is 8.62. The van der Waals surface area contributed by atoms with Gasteiger partial charge in [-0.3, -0.25) is 10.3 Å². The zero-order chi connectivity index (χ0) is 28.4. The number of anilines is 1. The number of urea groups is 1. The lowest BCUT2D eigenvalue weighted by atomic mass is 10.1. The average Bonchev–Trinajstić information content (AvgIpc) is 2.89. The smallest absolute Gasteiger partial charge is 0.416 e. The van der Waals surface area contributed by atoms with Gasteiger partial charge in [0.1, 0.15) is 17.4 Å². The first-order chi connectivity index (χ1) is 18.5. The molecular weight excluding hydrogens is 518 g/mol. The van der Waals surface area contributed by atoms with Gasteiger partial charge < -0.3 is 15.2 Å². The second kappa shape index (κ2) is 13.4. The van der Waals surface area contributed by atoms with Crippen LogP contribution in [0.4, 0.5) is 28.0 Å². The average molecular weight is 546 g/mol. The first kappa shape index (κ1) is 29.2. The van der Waals surface area contributed by atoms with Crippen molar-refractivity contribution in [2.24, 2.45) is 0 Å². The molecule has 0 saturated carbocycles. The number of carboxylic acid groups (broad SMARTS) is 1. The molecule has 0 unspecified atom stereocenters. The van der Waals surface area contributed by atoms with Crippen LogP contribution in [0, 0.1) is 11.2 Å². The Labute approximate surface area is 222 Å². The SMILES string of the molecule is N=C(CCCc1ccc(OCC(=O)O)cc1)N(CCc1ccccc1F)C(=O)Nc1ccc(C(F)(F)F)cc1. The fourth-order valence-corrected chi connectivity index (χ4v) is 3.72. The lowest BCUT2D eigenvalue weighted by Gasteiger charge is -2.24. The van der Waals surface area contributed by atoms with Crippen molar-refractivity contribution in [3.8, 4) is 5.75 Å². The van der Waals surface area contributed by atoms with Gasteiger partial charge in [-0.25, -0.2) is 14.0 Å². The minimum Gasteiger partial charge on any atom is -0.482 e. The largest absolute Gasteiger partial charge is 0.482 e. The normalized spacial score (nSPS) is 11.1. The standard InChI is InChI=1S/C28H27F4N3O4/c29-24-6-2-1-5-20(24)16-17-35(27(38)34-22-12-10-21(11-13-22)28(30,31)32)25(33)7-3-4-19-8-14-23(15-9-19)39-18-26(36)37/h1-2,5-6,8-15,33H,3-4,7,16-18H2,(H,34,38)(H,36,37). The summed E-state index contributed by atoms with van der Waals surface area (Å²) in [6.07, 6.45) is -3.12. The molecule has 0 aromatic heterocycles. The second-order valence-electron chi connectivity index (χ2n) is 8.62. The van der Waals surface area contributed by atoms with E-state index in [4.69, 9.17) is 15.3 Å². The Morgan fingerprint density at radius 3 is 2.23 bits per heavy atom. The van der Waals surface area contributed by atoms with Gasteiger partial charge in [-0.1, -0.05) is 30.3 Å². The molecular formula is C28H27F4N3O4. The van der Waals surface area contributed by atoms with Crippen LogP contribution in [0.15, 0.2) is 72.8 Å². The van der Waals surface area contributed by atoms with Crippen LogP contribution >= 0.6 is 0 Å². The number of ether oxygens (including phenoxy) is 1. The molecule has 206 valence electrons. The highest BCUT2D eigenvalue weighted by Gasteiger charge is 2.30. The number of hydrogen-bond acceptors (Lipinski definition) is 4. The number of carboxylic acids is 1. The van der Waals surface area contributed by atoms with Crippen molar-refractivity contribution in [3.63, 3.8) is 0 Å². The Hall–Kier alpha value is -4.41. The molecule has 2 amide bonds. The third-order valence-corrected chi connectivity index (χ3v) is 5.76. The first-order valence-electron chi connectivity index (χ1n) is 12.0. The molecule has 7 nitrogen and oxygen atoms in total. The van der Waals surface area contributed by atoms with Crippen LogP contribution in [0.25, 0.3) is 0 Å². The number of aryl methyl sites for hydroxylation is 1. The summed E-state index contributed by atoms with van der Waals surface area (Å²) in [7, 11) is 0. The molecule has 3 aromatic rings. The van der Waals surface area contributed by atoms with E-state index in [-0.39, 0.29) is 30.9 Å². The summed E-state index contributed by atoms with van der Waals surface area (Å²) in [4.78, 5) is 24.8. The number of nitrogens with one attached hydrogen (secondary N) is 2. The summed E-state index contributed by atoms with van der Waals surface area (Å²) in [6, 6.07) is 16.1. The number of amides is 2. The van der Waals surface area contributed by atoms with Gasteiger partial charge in [-0.2, -0.15) is 13.2 Å². The Bertz CT molecular complexity index is 1280. The van der Waals surface area contributed by atoms with Gasteiger partial charge >= 0.3 is 18.2 Å². The number of halogens is 4. The van der Waals surface area contributed by atoms with Gasteiger partial charge in [0.25, 0.3) is 0 Å². The molecule has 0 saturated heterocycles. The molecule has 0 atom stereocenters. The number of amidine groups is 1. The van der Waals surface area contributed by atoms with Crippen LogP contribution in [0.3, 0.4) is 0 Å². The molecule has 0 heterocycles. The van der Waals surface area contributed by atoms with Crippen LogP contribution in [-0.2, 0) is 23.8 Å². The maximum absolute atomic E-state index is 14.1. The zero-order valence-corrected chi connectivity index (χ0v) is 20.8. The summed E-state index contributed by atoms with van der Waals surface area (Å²) in [5.41, 5.74) is 0.549. The summed E-state index contributed by atoms with van der Waals surface area (Å²) in [6.45, 7) is -0.463. The van der Waals surface area contributed by atoms with E-state index in [1.807, 2.05) is 0 Å². The highest BCUT2D eigenvalue weighted by molar-refractivity contribution is 6.02. The number of hydrogen-bond donors (Lipinski definition) is 3. The van der Waals surface area contributed by atoms with Crippen molar-refractivity contribution < 1.29 is 37.0 Å². The predicted octanol–water partition coefficient (Wildman–Crippen LogP) is 6.38. The maximum Gasteiger partial charge on any atom is 0.416 e. The molecule has 0 aliphatic carbocycles. The Balaban J connectivity index is 1.63. The lowest BCUT2D eigenvalue weighted by molar-refractivity contribution is -0.139. The minimum atomic E-state index is -4.51. The van der Waals surface area contributed by atoms with Crippen molar-refractivity contribution in [1.82, 2.24) is 4.90 Å². The van der Waals surface area contributed by atoms with E-state index in [0.717, 1.165) is 34.7 Å². The van der Waals surface area contributed by atoms with Gasteiger partial charge in [-0.15, -0.1) is 0 Å². The maximum atomic E-state index is 14.1. The van der Waals surface area contributed by atoms with Crippen LogP contribution in [0.1, 0.15) is 29.5 Å². The number of carbonyl (C=O) groups is 2. The number of nitrogens with zero attached hydrogens (tertiary/aromatic N) is 1. The quantitative estimate of drug-likeness (QED) is 0.148. The van der Waals surface area contributed by atoms with Gasteiger partial charge in [0, 0.05) is 18.7 Å². The molecule has 0 fully saturated rings. The third kappa shape index (κ3) is 9.13. The number of alkyl halides is 3. The van der Waals surface area contributed by atoms with E-state index >= 15 is 0 Å². The van der Waals surface area contributed by atoms with E-state index in [1.165, 1.54) is 6.07 Å².